The number of rotatable bonds is 6. The van der Waals surface area contributed by atoms with Crippen LogP contribution in [0.1, 0.15) is 39.7 Å². The van der Waals surface area contributed by atoms with Crippen molar-refractivity contribution in [3.63, 3.8) is 0 Å². The van der Waals surface area contributed by atoms with Gasteiger partial charge in [-0.3, -0.25) is 4.79 Å². The number of nitriles is 1. The Morgan fingerprint density at radius 2 is 2.35 bits per heavy atom. The number of thioether (sulfide) groups is 1. The Morgan fingerprint density at radius 1 is 1.65 bits per heavy atom. The molecule has 1 unspecified atom stereocenters. The highest BCUT2D eigenvalue weighted by Gasteiger charge is 2.31. The van der Waals surface area contributed by atoms with E-state index in [-0.39, 0.29) is 17.6 Å². The second kappa shape index (κ2) is 5.79. The zero-order chi connectivity index (χ0) is 14.8. The van der Waals surface area contributed by atoms with Crippen molar-refractivity contribution in [3.8, 4) is 6.07 Å². The van der Waals surface area contributed by atoms with E-state index >= 15 is 0 Å². The van der Waals surface area contributed by atoms with Gasteiger partial charge in [-0.15, -0.1) is 5.10 Å². The normalized spacial score (nSPS) is 17.6. The van der Waals surface area contributed by atoms with Crippen LogP contribution in [0.2, 0.25) is 0 Å². The predicted octanol–water partition coefficient (Wildman–Crippen LogP) is 1.15. The highest BCUT2D eigenvalue weighted by Crippen LogP contribution is 2.36. The van der Waals surface area contributed by atoms with Gasteiger partial charge in [0.2, 0.25) is 11.1 Å². The van der Waals surface area contributed by atoms with Gasteiger partial charge in [0.15, 0.2) is 0 Å². The maximum absolute atomic E-state index is 12.0. The van der Waals surface area contributed by atoms with E-state index in [0.717, 1.165) is 12.8 Å². The molecule has 1 aromatic heterocycles. The lowest BCUT2D eigenvalue weighted by Crippen LogP contribution is -2.49. The number of hydrogen-bond acceptors (Lipinski definition) is 6. The first-order valence-corrected chi connectivity index (χ1v) is 7.57. The van der Waals surface area contributed by atoms with Gasteiger partial charge < -0.3 is 5.32 Å². The number of aromatic nitrogens is 4. The van der Waals surface area contributed by atoms with Crippen molar-refractivity contribution < 1.29 is 4.79 Å². The van der Waals surface area contributed by atoms with E-state index in [1.54, 1.807) is 11.6 Å². The summed E-state index contributed by atoms with van der Waals surface area (Å²) >= 11 is 1.30. The molecular formula is C12H18N6OS. The average molecular weight is 294 g/mol. The molecule has 1 fully saturated rings. The van der Waals surface area contributed by atoms with Crippen LogP contribution in [0.4, 0.5) is 0 Å². The van der Waals surface area contributed by atoms with Crippen molar-refractivity contribution in [2.75, 3.05) is 5.75 Å². The van der Waals surface area contributed by atoms with E-state index in [2.05, 4.69) is 26.9 Å². The zero-order valence-corrected chi connectivity index (χ0v) is 12.6. The largest absolute Gasteiger partial charge is 0.337 e. The maximum atomic E-state index is 12.0. The number of amides is 1. The fourth-order valence-electron chi connectivity index (χ4n) is 1.59. The van der Waals surface area contributed by atoms with Gasteiger partial charge in [-0.25, -0.2) is 4.68 Å². The molecule has 1 atom stereocenters. The molecule has 7 nitrogen and oxygen atoms in total. The second-order valence-electron chi connectivity index (χ2n) is 5.44. The van der Waals surface area contributed by atoms with Crippen LogP contribution in [0.3, 0.4) is 0 Å². The summed E-state index contributed by atoms with van der Waals surface area (Å²) < 4.78 is 1.77. The number of nitrogens with zero attached hydrogens (tertiary/aromatic N) is 5. The van der Waals surface area contributed by atoms with Crippen molar-refractivity contribution in [1.82, 2.24) is 25.5 Å². The van der Waals surface area contributed by atoms with Crippen LogP contribution in [0.5, 0.6) is 0 Å². The molecule has 1 N–H and O–H groups in total. The lowest BCUT2D eigenvalue weighted by molar-refractivity contribution is -0.120. The summed E-state index contributed by atoms with van der Waals surface area (Å²) in [5, 5.41) is 24.1. The smallest absolute Gasteiger partial charge is 0.231 e. The predicted molar refractivity (Wildman–Crippen MR) is 73.8 cm³/mol. The maximum Gasteiger partial charge on any atom is 0.231 e. The van der Waals surface area contributed by atoms with Crippen LogP contribution >= 0.6 is 11.8 Å². The standard InChI is InChI=1S/C12H18N6OS/c1-8(2)12(3,7-13)14-10(19)6-20-11-15-16-17-18(11)9-4-5-9/h8-9H,4-6H2,1-3H3,(H,14,19). The first-order chi connectivity index (χ1) is 9.46. The van der Waals surface area contributed by atoms with E-state index < -0.39 is 5.54 Å². The fourth-order valence-corrected chi connectivity index (χ4v) is 2.33. The molecule has 0 aliphatic heterocycles. The lowest BCUT2D eigenvalue weighted by Gasteiger charge is -2.27. The van der Waals surface area contributed by atoms with E-state index in [1.807, 2.05) is 13.8 Å². The van der Waals surface area contributed by atoms with Crippen molar-refractivity contribution in [2.24, 2.45) is 5.92 Å². The number of carbonyl (C=O) groups excluding carboxylic acids is 1. The van der Waals surface area contributed by atoms with Gasteiger partial charge in [0, 0.05) is 0 Å². The Bertz CT molecular complexity index is 532. The Labute approximate surface area is 122 Å². The molecule has 1 aliphatic rings. The molecule has 8 heteroatoms. The van der Waals surface area contributed by atoms with E-state index in [9.17, 15) is 10.1 Å². The van der Waals surface area contributed by atoms with Gasteiger partial charge >= 0.3 is 0 Å². The summed E-state index contributed by atoms with van der Waals surface area (Å²) in [6.07, 6.45) is 2.18. The summed E-state index contributed by atoms with van der Waals surface area (Å²) in [5.41, 5.74) is -0.847. The highest BCUT2D eigenvalue weighted by molar-refractivity contribution is 7.99. The number of tetrazole rings is 1. The minimum atomic E-state index is -0.847. The summed E-state index contributed by atoms with van der Waals surface area (Å²) in [7, 11) is 0. The van der Waals surface area contributed by atoms with Gasteiger partial charge in [-0.1, -0.05) is 25.6 Å². The molecule has 0 radical (unpaired) electrons. The zero-order valence-electron chi connectivity index (χ0n) is 11.8. The first-order valence-electron chi connectivity index (χ1n) is 6.59. The number of nitrogens with one attached hydrogen (secondary N) is 1. The molecule has 1 heterocycles. The van der Waals surface area contributed by atoms with Crippen molar-refractivity contribution >= 4 is 17.7 Å². The third kappa shape index (κ3) is 3.28. The van der Waals surface area contributed by atoms with Crippen LogP contribution in [0, 0.1) is 17.2 Å². The van der Waals surface area contributed by atoms with Crippen molar-refractivity contribution in [1.29, 1.82) is 5.26 Å². The SMILES string of the molecule is CC(C)C(C)(C#N)NC(=O)CSc1nnnn1C1CC1. The average Bonchev–Trinajstić information content (AvgIpc) is 3.15. The Kier molecular flexibility index (Phi) is 4.28. The summed E-state index contributed by atoms with van der Waals surface area (Å²) in [4.78, 5) is 12.0. The molecular weight excluding hydrogens is 276 g/mol. The summed E-state index contributed by atoms with van der Waals surface area (Å²) in [6, 6.07) is 2.54. The molecule has 0 spiro atoms. The molecule has 1 amide bonds. The number of hydrogen-bond donors (Lipinski definition) is 1. The van der Waals surface area contributed by atoms with E-state index in [0.29, 0.717) is 11.2 Å². The molecule has 0 saturated heterocycles. The Morgan fingerprint density at radius 3 is 2.90 bits per heavy atom. The summed E-state index contributed by atoms with van der Waals surface area (Å²) in [6.45, 7) is 5.54. The van der Waals surface area contributed by atoms with Gasteiger partial charge in [0.05, 0.1) is 17.9 Å². The highest BCUT2D eigenvalue weighted by atomic mass is 32.2. The van der Waals surface area contributed by atoms with Crippen LogP contribution in [0.15, 0.2) is 5.16 Å². The van der Waals surface area contributed by atoms with Crippen LogP contribution in [-0.4, -0.2) is 37.4 Å². The molecule has 108 valence electrons. The molecule has 20 heavy (non-hydrogen) atoms. The Hall–Kier alpha value is -1.62. The lowest BCUT2D eigenvalue weighted by atomic mass is 9.90. The number of carbonyl (C=O) groups is 1. The second-order valence-corrected chi connectivity index (χ2v) is 6.39. The van der Waals surface area contributed by atoms with Gasteiger partial charge in [-0.05, 0) is 36.1 Å². The first kappa shape index (κ1) is 14.8. The molecule has 1 aromatic rings. The molecule has 1 aliphatic carbocycles. The quantitative estimate of drug-likeness (QED) is 0.791. The van der Waals surface area contributed by atoms with E-state index in [1.165, 1.54) is 11.8 Å². The topological polar surface area (TPSA) is 96.5 Å². The van der Waals surface area contributed by atoms with Crippen LogP contribution < -0.4 is 5.32 Å². The minimum Gasteiger partial charge on any atom is -0.337 e. The third-order valence-corrected chi connectivity index (χ3v) is 4.41. The van der Waals surface area contributed by atoms with Crippen molar-refractivity contribution in [2.45, 2.75) is 50.4 Å². The molecule has 0 aromatic carbocycles. The minimum absolute atomic E-state index is 0.0400. The van der Waals surface area contributed by atoms with Gasteiger partial charge in [0.25, 0.3) is 0 Å². The van der Waals surface area contributed by atoms with Crippen molar-refractivity contribution in [3.05, 3.63) is 0 Å². The van der Waals surface area contributed by atoms with Gasteiger partial charge in [-0.2, -0.15) is 5.26 Å². The molecule has 1 saturated carbocycles. The van der Waals surface area contributed by atoms with E-state index in [4.69, 9.17) is 0 Å². The fraction of sp³-hybridized carbons (Fsp3) is 0.750. The third-order valence-electron chi connectivity index (χ3n) is 3.47. The molecule has 2 rings (SSSR count). The van der Waals surface area contributed by atoms with Crippen LogP contribution in [0.25, 0.3) is 0 Å². The summed E-state index contributed by atoms with van der Waals surface area (Å²) in [5.74, 6) is 0.0632. The van der Waals surface area contributed by atoms with Crippen LogP contribution in [-0.2, 0) is 4.79 Å². The van der Waals surface area contributed by atoms with Gasteiger partial charge in [0.1, 0.15) is 5.54 Å². The monoisotopic (exact) mass is 294 g/mol. The molecule has 0 bridgehead atoms. The Balaban J connectivity index is 1.89.